The summed E-state index contributed by atoms with van der Waals surface area (Å²) in [5.74, 6) is -0.949. The van der Waals surface area contributed by atoms with Gasteiger partial charge >= 0.3 is 17.9 Å². The van der Waals surface area contributed by atoms with Gasteiger partial charge in [-0.1, -0.05) is 159 Å². The van der Waals surface area contributed by atoms with Gasteiger partial charge in [0.2, 0.25) is 0 Å². The number of allylic oxidation sites excluding steroid dienone is 8. The molecule has 0 saturated heterocycles. The first-order chi connectivity index (χ1) is 26.5. The van der Waals surface area contributed by atoms with Crippen molar-refractivity contribution in [3.63, 3.8) is 0 Å². The van der Waals surface area contributed by atoms with E-state index in [0.29, 0.717) is 25.7 Å². The molecule has 0 heterocycles. The zero-order valence-electron chi connectivity index (χ0n) is 35.5. The van der Waals surface area contributed by atoms with Crippen LogP contribution in [-0.2, 0) is 28.6 Å². The second-order valence-electron chi connectivity index (χ2n) is 14.9. The van der Waals surface area contributed by atoms with Gasteiger partial charge in [0.25, 0.3) is 0 Å². The van der Waals surface area contributed by atoms with Crippen LogP contribution in [0.5, 0.6) is 0 Å². The summed E-state index contributed by atoms with van der Waals surface area (Å²) in [7, 11) is 0. The van der Waals surface area contributed by atoms with E-state index >= 15 is 0 Å². The molecule has 0 aliphatic carbocycles. The second kappa shape index (κ2) is 43.1. The van der Waals surface area contributed by atoms with E-state index in [0.717, 1.165) is 83.5 Å². The van der Waals surface area contributed by atoms with Crippen molar-refractivity contribution in [2.45, 2.75) is 226 Å². The number of rotatable bonds is 40. The summed E-state index contributed by atoms with van der Waals surface area (Å²) in [5, 5.41) is 0. The monoisotopic (exact) mass is 757 g/mol. The third-order valence-electron chi connectivity index (χ3n) is 9.54. The molecule has 0 rings (SSSR count). The van der Waals surface area contributed by atoms with Gasteiger partial charge in [0.1, 0.15) is 13.2 Å². The molecule has 6 nitrogen and oxygen atoms in total. The summed E-state index contributed by atoms with van der Waals surface area (Å²) in [6, 6.07) is 0. The van der Waals surface area contributed by atoms with Crippen LogP contribution >= 0.6 is 0 Å². The highest BCUT2D eigenvalue weighted by Crippen LogP contribution is 2.13. The van der Waals surface area contributed by atoms with Crippen molar-refractivity contribution in [1.82, 2.24) is 0 Å². The SMILES string of the molecule is CC/C=C\C/C=C\CCCCCCCC(=O)OC(COC(=O)CCC/C=C\CCCCCC)COC(=O)CCCCCCCCC/C=C\CCCCCC. The molecule has 0 fully saturated rings. The predicted octanol–water partition coefficient (Wildman–Crippen LogP) is 14.4. The number of carbonyl (C=O) groups excluding carboxylic acids is 3. The summed E-state index contributed by atoms with van der Waals surface area (Å²) in [6.45, 7) is 6.43. The third-order valence-corrected chi connectivity index (χ3v) is 9.54. The first kappa shape index (κ1) is 51.4. The third kappa shape index (κ3) is 40.6. The Labute approximate surface area is 333 Å². The number of hydrogen-bond acceptors (Lipinski definition) is 6. The Morgan fingerprint density at radius 3 is 1.20 bits per heavy atom. The summed E-state index contributed by atoms with van der Waals surface area (Å²) in [5.41, 5.74) is 0. The molecule has 0 saturated carbocycles. The first-order valence-corrected chi connectivity index (χ1v) is 22.6. The van der Waals surface area contributed by atoms with Crippen LogP contribution < -0.4 is 0 Å². The van der Waals surface area contributed by atoms with E-state index in [4.69, 9.17) is 14.2 Å². The molecule has 0 aromatic rings. The van der Waals surface area contributed by atoms with Gasteiger partial charge in [-0.25, -0.2) is 0 Å². The van der Waals surface area contributed by atoms with Gasteiger partial charge < -0.3 is 14.2 Å². The van der Waals surface area contributed by atoms with Crippen LogP contribution in [0.25, 0.3) is 0 Å². The molecule has 0 aromatic carbocycles. The maximum Gasteiger partial charge on any atom is 0.306 e. The van der Waals surface area contributed by atoms with Gasteiger partial charge in [-0.3, -0.25) is 14.4 Å². The second-order valence-corrected chi connectivity index (χ2v) is 14.9. The van der Waals surface area contributed by atoms with E-state index in [1.807, 2.05) is 0 Å². The van der Waals surface area contributed by atoms with Crippen LogP contribution in [0.3, 0.4) is 0 Å². The zero-order valence-corrected chi connectivity index (χ0v) is 35.5. The smallest absolute Gasteiger partial charge is 0.306 e. The van der Waals surface area contributed by atoms with Crippen molar-refractivity contribution in [3.05, 3.63) is 48.6 Å². The van der Waals surface area contributed by atoms with Crippen molar-refractivity contribution >= 4 is 17.9 Å². The molecule has 54 heavy (non-hydrogen) atoms. The molecule has 0 aliphatic heterocycles. The fourth-order valence-electron chi connectivity index (χ4n) is 6.12. The number of carbonyl (C=O) groups is 3. The summed E-state index contributed by atoms with van der Waals surface area (Å²) in [6.07, 6.45) is 49.6. The topological polar surface area (TPSA) is 78.9 Å². The summed E-state index contributed by atoms with van der Waals surface area (Å²) >= 11 is 0. The highest BCUT2D eigenvalue weighted by atomic mass is 16.6. The Kier molecular flexibility index (Phi) is 41.0. The van der Waals surface area contributed by atoms with Gasteiger partial charge in [0.05, 0.1) is 0 Å². The van der Waals surface area contributed by atoms with Crippen LogP contribution in [0.2, 0.25) is 0 Å². The Bertz CT molecular complexity index is 964. The molecule has 0 amide bonds. The maximum absolute atomic E-state index is 12.7. The fraction of sp³-hybridized carbons (Fsp3) is 0.771. The fourth-order valence-corrected chi connectivity index (χ4v) is 6.12. The molecule has 0 spiro atoms. The number of ether oxygens (including phenoxy) is 3. The standard InChI is InChI=1S/C48H84O6/c1-4-7-10-13-16-19-21-23-24-25-27-29-32-35-38-41-47(50)53-44-45(43-52-46(49)40-37-34-31-28-18-15-12-9-6-3)54-48(51)42-39-36-33-30-26-22-20-17-14-11-8-5-2/h8,11,17,19-21,28,31,45H,4-7,9-10,12-16,18,22-27,29-30,32-44H2,1-3H3/b11-8-,20-17-,21-19-,31-28-. The molecule has 0 aliphatic rings. The van der Waals surface area contributed by atoms with E-state index < -0.39 is 6.10 Å². The van der Waals surface area contributed by atoms with Crippen molar-refractivity contribution < 1.29 is 28.6 Å². The zero-order chi connectivity index (χ0) is 39.4. The minimum Gasteiger partial charge on any atom is -0.462 e. The number of unbranched alkanes of at least 4 members (excludes halogenated alkanes) is 21. The molecule has 6 heteroatoms. The van der Waals surface area contributed by atoms with Crippen LogP contribution in [0, 0.1) is 0 Å². The van der Waals surface area contributed by atoms with E-state index in [-0.39, 0.29) is 31.1 Å². The van der Waals surface area contributed by atoms with Gasteiger partial charge in [-0.15, -0.1) is 0 Å². The van der Waals surface area contributed by atoms with Crippen molar-refractivity contribution in [3.8, 4) is 0 Å². The minimum absolute atomic E-state index is 0.0897. The molecule has 0 bridgehead atoms. The van der Waals surface area contributed by atoms with Crippen LogP contribution in [0.15, 0.2) is 48.6 Å². The molecule has 0 radical (unpaired) electrons. The van der Waals surface area contributed by atoms with Crippen LogP contribution in [0.4, 0.5) is 0 Å². The molecule has 1 unspecified atom stereocenters. The van der Waals surface area contributed by atoms with E-state index in [9.17, 15) is 14.4 Å². The first-order valence-electron chi connectivity index (χ1n) is 22.6. The number of hydrogen-bond donors (Lipinski definition) is 0. The lowest BCUT2D eigenvalue weighted by molar-refractivity contribution is -0.167. The largest absolute Gasteiger partial charge is 0.462 e. The van der Waals surface area contributed by atoms with Crippen molar-refractivity contribution in [1.29, 1.82) is 0 Å². The highest BCUT2D eigenvalue weighted by molar-refractivity contribution is 5.71. The number of esters is 3. The van der Waals surface area contributed by atoms with Crippen molar-refractivity contribution in [2.75, 3.05) is 13.2 Å². The molecular formula is C48H84O6. The van der Waals surface area contributed by atoms with Gasteiger partial charge in [0, 0.05) is 19.3 Å². The Balaban J connectivity index is 4.38. The van der Waals surface area contributed by atoms with Crippen LogP contribution in [0.1, 0.15) is 220 Å². The predicted molar refractivity (Wildman–Crippen MR) is 229 cm³/mol. The average Bonchev–Trinajstić information content (AvgIpc) is 3.17. The molecule has 312 valence electrons. The average molecular weight is 757 g/mol. The normalized spacial score (nSPS) is 12.4. The van der Waals surface area contributed by atoms with Crippen molar-refractivity contribution in [2.24, 2.45) is 0 Å². The highest BCUT2D eigenvalue weighted by Gasteiger charge is 2.19. The maximum atomic E-state index is 12.7. The van der Waals surface area contributed by atoms with Gasteiger partial charge in [-0.05, 0) is 89.9 Å². The van der Waals surface area contributed by atoms with E-state index in [1.54, 1.807) is 0 Å². The lowest BCUT2D eigenvalue weighted by Crippen LogP contribution is -2.30. The molecule has 1 atom stereocenters. The summed E-state index contributed by atoms with van der Waals surface area (Å²) < 4.78 is 16.6. The Morgan fingerprint density at radius 2 is 0.741 bits per heavy atom. The molecule has 0 N–H and O–H groups in total. The van der Waals surface area contributed by atoms with Crippen LogP contribution in [-0.4, -0.2) is 37.2 Å². The molecule has 0 aromatic heterocycles. The minimum atomic E-state index is -0.789. The quantitative estimate of drug-likeness (QED) is 0.0268. The van der Waals surface area contributed by atoms with E-state index in [2.05, 4.69) is 69.4 Å². The van der Waals surface area contributed by atoms with Gasteiger partial charge in [0.15, 0.2) is 6.10 Å². The summed E-state index contributed by atoms with van der Waals surface area (Å²) in [4.78, 5) is 37.6. The Morgan fingerprint density at radius 1 is 0.389 bits per heavy atom. The van der Waals surface area contributed by atoms with E-state index in [1.165, 1.54) is 89.9 Å². The lowest BCUT2D eigenvalue weighted by Gasteiger charge is -2.18. The van der Waals surface area contributed by atoms with Gasteiger partial charge in [-0.2, -0.15) is 0 Å². The lowest BCUT2D eigenvalue weighted by atomic mass is 10.1. The Hall–Kier alpha value is -2.63. The molecular weight excluding hydrogens is 673 g/mol.